The minimum Gasteiger partial charge on any atom is -0.427 e. The van der Waals surface area contributed by atoms with Crippen LogP contribution in [0.15, 0.2) is 111 Å². The van der Waals surface area contributed by atoms with E-state index in [9.17, 15) is 24.9 Å². The third-order valence-electron chi connectivity index (χ3n) is 22.1. The van der Waals surface area contributed by atoms with Gasteiger partial charge in [0.15, 0.2) is 0 Å². The standard InChI is InChI=1S/C67H82N4O9S2/c1-3-66(24-7-8-25-66)51-18-15-45-32-49-47-22-26-67(60(49)59-57(45)62(51)80-64(59)77)53-19-17-48(46-16-14-40-28-41(36-72)30-44(13-9-12-42(46)29-40)52(74)31-39-10-5-4-6-11-39)63(69-34-38(2)73)82-81-37-70-54-33-43(23-27-68-54)50(58(47)61(67)65(78)79-53)35-71-55(75)20-21-56(71)76/h4-6,10-11,19-21,23,33,38,40-42,44-50,52,60,63,68-70,72-74H,3,7-8,12,14-18,22,24-32,34-37H2,1-2H3. The molecule has 5 aliphatic heterocycles. The number of hydrogen-bond donors (Lipinski definition) is 6. The number of nitrogens with zero attached hydrogens (tertiary/aromatic N) is 1. The zero-order valence-corrected chi connectivity index (χ0v) is 49.3. The third kappa shape index (κ3) is 10.0. The van der Waals surface area contributed by atoms with E-state index >= 15 is 9.59 Å². The number of dihydropyridines is 1. The van der Waals surface area contributed by atoms with Crippen LogP contribution in [-0.4, -0.2) is 93.7 Å². The van der Waals surface area contributed by atoms with Gasteiger partial charge in [-0.1, -0.05) is 90.1 Å². The Morgan fingerprint density at radius 1 is 0.890 bits per heavy atom. The van der Waals surface area contributed by atoms with E-state index in [2.05, 4.69) is 52.9 Å². The summed E-state index contributed by atoms with van der Waals surface area (Å²) in [5, 5.41) is 44.5. The molecule has 0 radical (unpaired) electrons. The van der Waals surface area contributed by atoms with Crippen LogP contribution in [0.2, 0.25) is 0 Å². The molecule has 1 saturated heterocycles. The Balaban J connectivity index is 0.955. The highest BCUT2D eigenvalue weighted by molar-refractivity contribution is 8.76. The van der Waals surface area contributed by atoms with Gasteiger partial charge in [0.1, 0.15) is 11.5 Å². The summed E-state index contributed by atoms with van der Waals surface area (Å²) in [5.41, 5.74) is 5.73. The largest absolute Gasteiger partial charge is 0.427 e. The lowest BCUT2D eigenvalue weighted by Crippen LogP contribution is -2.55. The number of benzene rings is 1. The summed E-state index contributed by atoms with van der Waals surface area (Å²) in [7, 11) is 3.48. The van der Waals surface area contributed by atoms with E-state index in [1.165, 1.54) is 35.5 Å². The molecular formula is C67H82N4O9S2. The first-order valence-electron chi connectivity index (χ1n) is 31.2. The van der Waals surface area contributed by atoms with Gasteiger partial charge in [-0.2, -0.15) is 0 Å². The molecule has 13 aliphatic rings. The molecule has 6 N–H and O–H groups in total. The van der Waals surface area contributed by atoms with Crippen LogP contribution in [0.3, 0.4) is 0 Å². The molecule has 8 aliphatic carbocycles. The van der Waals surface area contributed by atoms with Gasteiger partial charge >= 0.3 is 11.9 Å². The number of carbonyl (C=O) groups excluding carboxylic acids is 4. The minimum atomic E-state index is -1.00. The highest BCUT2D eigenvalue weighted by Gasteiger charge is 2.70. The van der Waals surface area contributed by atoms with Crippen LogP contribution in [0.4, 0.5) is 0 Å². The molecule has 1 aromatic carbocycles. The van der Waals surface area contributed by atoms with Gasteiger partial charge in [0, 0.05) is 73.7 Å². The van der Waals surface area contributed by atoms with E-state index in [0.717, 1.165) is 110 Å². The lowest BCUT2D eigenvalue weighted by atomic mass is 9.42. The van der Waals surface area contributed by atoms with Crippen molar-refractivity contribution in [1.29, 1.82) is 0 Å². The Morgan fingerprint density at radius 2 is 1.71 bits per heavy atom. The first-order valence-corrected chi connectivity index (χ1v) is 33.6. The minimum absolute atomic E-state index is 0.0194. The summed E-state index contributed by atoms with van der Waals surface area (Å²) in [6.07, 6.45) is 23.7. The van der Waals surface area contributed by atoms with E-state index in [1.807, 2.05) is 37.3 Å². The normalized spacial score (nSPS) is 36.5. The molecule has 2 amide bonds. The van der Waals surface area contributed by atoms with Crippen LogP contribution in [0.1, 0.15) is 129 Å². The molecule has 0 aromatic heterocycles. The number of aliphatic hydroxyl groups is 3. The lowest BCUT2D eigenvalue weighted by Gasteiger charge is -2.58. The second-order valence-corrected chi connectivity index (χ2v) is 28.8. The van der Waals surface area contributed by atoms with Gasteiger partial charge in [0.2, 0.25) is 0 Å². The second-order valence-electron chi connectivity index (χ2n) is 26.3. The molecule has 13 nitrogen and oxygen atoms in total. The molecule has 14 rings (SSSR count). The molecule has 15 atom stereocenters. The molecule has 4 fully saturated rings. The highest BCUT2D eigenvalue weighted by Crippen LogP contribution is 2.73. The number of allylic oxidation sites excluding steroid dienone is 5. The molecule has 5 heterocycles. The molecule has 82 heavy (non-hydrogen) atoms. The second kappa shape index (κ2) is 23.2. The molecule has 9 bridgehead atoms. The van der Waals surface area contributed by atoms with Crippen molar-refractivity contribution in [2.45, 2.75) is 147 Å². The van der Waals surface area contributed by atoms with Crippen LogP contribution >= 0.6 is 21.6 Å². The summed E-state index contributed by atoms with van der Waals surface area (Å²) in [4.78, 5) is 59.6. The summed E-state index contributed by atoms with van der Waals surface area (Å²) in [6.45, 7) is 5.13. The van der Waals surface area contributed by atoms with E-state index in [4.69, 9.17) is 9.47 Å². The third-order valence-corrected chi connectivity index (χ3v) is 24.6. The van der Waals surface area contributed by atoms with E-state index in [0.29, 0.717) is 68.3 Å². The Kier molecular flexibility index (Phi) is 15.9. The topological polar surface area (TPSA) is 187 Å². The zero-order chi connectivity index (χ0) is 56.4. The number of ether oxygens (including phenoxy) is 2. The summed E-state index contributed by atoms with van der Waals surface area (Å²) < 4.78 is 13.7. The van der Waals surface area contributed by atoms with Crippen molar-refractivity contribution >= 4 is 45.3 Å². The Bertz CT molecular complexity index is 3010. The van der Waals surface area contributed by atoms with Crippen molar-refractivity contribution in [1.82, 2.24) is 20.9 Å². The predicted molar refractivity (Wildman–Crippen MR) is 316 cm³/mol. The van der Waals surface area contributed by atoms with E-state index in [-0.39, 0.29) is 95.0 Å². The van der Waals surface area contributed by atoms with Gasteiger partial charge in [-0.05, 0) is 184 Å². The number of carbonyl (C=O) groups is 4. The average molecular weight is 1150 g/mol. The van der Waals surface area contributed by atoms with Gasteiger partial charge < -0.3 is 40.7 Å². The monoisotopic (exact) mass is 1150 g/mol. The molecule has 1 spiro atoms. The number of amides is 2. The number of aliphatic hydroxyl groups excluding tert-OH is 3. The van der Waals surface area contributed by atoms with Crippen LogP contribution in [0.25, 0.3) is 0 Å². The smallest absolute Gasteiger partial charge is 0.340 e. The van der Waals surface area contributed by atoms with Gasteiger partial charge in [-0.15, -0.1) is 5.92 Å². The van der Waals surface area contributed by atoms with Crippen molar-refractivity contribution in [2.24, 2.45) is 75.9 Å². The number of rotatable bonds is 12. The fourth-order valence-electron chi connectivity index (χ4n) is 18.5. The van der Waals surface area contributed by atoms with Gasteiger partial charge in [0.25, 0.3) is 11.8 Å². The van der Waals surface area contributed by atoms with Crippen LogP contribution in [0, 0.1) is 87.8 Å². The lowest BCUT2D eigenvalue weighted by molar-refractivity contribution is -0.138. The number of hydrogen-bond acceptors (Lipinski definition) is 14. The van der Waals surface area contributed by atoms with Crippen molar-refractivity contribution < 1.29 is 44.0 Å². The number of esters is 2. The summed E-state index contributed by atoms with van der Waals surface area (Å²) in [6, 6.07) is 10.1. The molecule has 436 valence electrons. The first kappa shape index (κ1) is 56.3. The number of nitrogens with one attached hydrogen (secondary N) is 3. The fourth-order valence-corrected chi connectivity index (χ4v) is 21.0. The van der Waals surface area contributed by atoms with Gasteiger partial charge in [0.05, 0.1) is 40.3 Å². The highest BCUT2D eigenvalue weighted by atomic mass is 33.1. The molecule has 3 saturated carbocycles. The Hall–Kier alpha value is -4.82. The molecule has 15 unspecified atom stereocenters. The van der Waals surface area contributed by atoms with Crippen LogP contribution in [0.5, 0.6) is 0 Å². The van der Waals surface area contributed by atoms with Crippen molar-refractivity contribution in [3.8, 4) is 11.8 Å². The molecule has 1 aromatic rings. The van der Waals surface area contributed by atoms with Crippen molar-refractivity contribution in [3.63, 3.8) is 0 Å². The maximum absolute atomic E-state index is 15.7. The maximum Gasteiger partial charge on any atom is 0.340 e. The fraction of sp³-hybridized carbons (Fsp3) is 0.612. The van der Waals surface area contributed by atoms with Crippen LogP contribution in [-0.2, 0) is 35.1 Å². The Morgan fingerprint density at radius 3 is 2.49 bits per heavy atom. The SMILES string of the molecule is CCC1(C2=C3OC(=O)C4=C3C(CC2)CC2C3CCC5(C6=CCC(C7CCC8CC(CO)CC(C(O)Cc9ccccc9)C#CCC7C8)C(NCC(C)O)SSCNC7=CC(=CCN7)C(CN7C(=O)C=CC7=O)C3=C5C(=O)O6)C42)CCCC1. The summed E-state index contributed by atoms with van der Waals surface area (Å²) in [5.74, 6) is 8.25. The van der Waals surface area contributed by atoms with Crippen molar-refractivity contribution in [2.75, 3.05) is 32.1 Å². The van der Waals surface area contributed by atoms with Crippen LogP contribution < -0.4 is 16.0 Å². The number of imide groups is 1. The molecular weight excluding hydrogens is 1070 g/mol. The molecule has 15 heteroatoms. The van der Waals surface area contributed by atoms with E-state index in [1.54, 1.807) is 21.6 Å². The Labute approximate surface area is 491 Å². The van der Waals surface area contributed by atoms with Crippen molar-refractivity contribution in [3.05, 3.63) is 117 Å². The van der Waals surface area contributed by atoms with E-state index < -0.39 is 29.5 Å². The quantitative estimate of drug-likeness (QED) is 0.0503. The first-order chi connectivity index (χ1) is 39.9. The average Bonchev–Trinajstić information content (AvgIpc) is 1.41. The number of fused-ring (bicyclic) bond motifs is 4. The maximum atomic E-state index is 15.7. The predicted octanol–water partition coefficient (Wildman–Crippen LogP) is 9.46. The van der Waals surface area contributed by atoms with Gasteiger partial charge in [-0.3, -0.25) is 14.5 Å². The zero-order valence-electron chi connectivity index (χ0n) is 47.7. The summed E-state index contributed by atoms with van der Waals surface area (Å²) >= 11 is 0. The van der Waals surface area contributed by atoms with Gasteiger partial charge in [-0.25, -0.2) is 9.59 Å².